The molecule has 3 nitrogen and oxygen atoms in total. The Balaban J connectivity index is 2.34. The van der Waals surface area contributed by atoms with Crippen LogP contribution in [0.5, 0.6) is 0 Å². The molecule has 1 heterocycles. The lowest BCUT2D eigenvalue weighted by Crippen LogP contribution is -2.30. The van der Waals surface area contributed by atoms with Gasteiger partial charge in [0.1, 0.15) is 0 Å². The van der Waals surface area contributed by atoms with Crippen molar-refractivity contribution in [3.8, 4) is 0 Å². The maximum absolute atomic E-state index is 12.3. The fraction of sp³-hybridized carbons (Fsp3) is 0.235. The Morgan fingerprint density at radius 1 is 1.00 bits per heavy atom. The van der Waals surface area contributed by atoms with Gasteiger partial charge >= 0.3 is 5.97 Å². The van der Waals surface area contributed by atoms with Crippen LogP contribution in [0.4, 0.5) is 0 Å². The number of methoxy groups -OCH3 is 1. The van der Waals surface area contributed by atoms with Gasteiger partial charge in [0.25, 0.3) is 5.79 Å². The number of carbonyl (C=O) groups excluding carboxylic acids is 1. The molecule has 1 aliphatic heterocycles. The molecule has 3 rings (SSSR count). The van der Waals surface area contributed by atoms with E-state index in [4.69, 9.17) is 9.47 Å². The molecule has 0 fully saturated rings. The summed E-state index contributed by atoms with van der Waals surface area (Å²) < 4.78 is 11.3. The maximum atomic E-state index is 12.3. The van der Waals surface area contributed by atoms with Crippen molar-refractivity contribution in [2.45, 2.75) is 19.6 Å². The summed E-state index contributed by atoms with van der Waals surface area (Å²) in [6.45, 7) is 3.88. The Hall–Kier alpha value is -2.13. The summed E-state index contributed by atoms with van der Waals surface area (Å²) in [5.41, 5.74) is 4.16. The molecule has 102 valence electrons. The largest absolute Gasteiger partial charge is 0.420 e. The van der Waals surface area contributed by atoms with Gasteiger partial charge in [0, 0.05) is 18.2 Å². The van der Waals surface area contributed by atoms with Crippen LogP contribution >= 0.6 is 0 Å². The topological polar surface area (TPSA) is 35.5 Å². The molecule has 2 aromatic carbocycles. The van der Waals surface area contributed by atoms with Crippen molar-refractivity contribution in [2.75, 3.05) is 7.11 Å². The first kappa shape index (κ1) is 12.9. The van der Waals surface area contributed by atoms with Gasteiger partial charge in [-0.3, -0.25) is 0 Å². The number of aryl methyl sites for hydroxylation is 2. The average Bonchev–Trinajstić information content (AvgIpc) is 2.79. The van der Waals surface area contributed by atoms with E-state index < -0.39 is 5.79 Å². The van der Waals surface area contributed by atoms with Crippen LogP contribution in [-0.4, -0.2) is 13.1 Å². The van der Waals surface area contributed by atoms with Crippen molar-refractivity contribution in [1.29, 1.82) is 0 Å². The SMILES string of the molecule is CO[C@@]1(c2ccccc2)OC(=O)c2c(C)ccc(C)c21. The zero-order chi connectivity index (χ0) is 14.3. The molecular weight excluding hydrogens is 252 g/mol. The lowest BCUT2D eigenvalue weighted by atomic mass is 9.89. The van der Waals surface area contributed by atoms with E-state index in [1.54, 1.807) is 7.11 Å². The predicted molar refractivity (Wildman–Crippen MR) is 75.6 cm³/mol. The van der Waals surface area contributed by atoms with E-state index in [2.05, 4.69) is 0 Å². The van der Waals surface area contributed by atoms with Crippen LogP contribution in [0, 0.1) is 13.8 Å². The first-order chi connectivity index (χ1) is 9.60. The molecule has 0 aliphatic carbocycles. The van der Waals surface area contributed by atoms with Gasteiger partial charge in [-0.1, -0.05) is 42.5 Å². The average molecular weight is 268 g/mol. The fourth-order valence-corrected chi connectivity index (χ4v) is 2.85. The zero-order valence-electron chi connectivity index (χ0n) is 11.8. The molecule has 0 saturated carbocycles. The minimum Gasteiger partial charge on any atom is -0.420 e. The number of fused-ring (bicyclic) bond motifs is 1. The third-order valence-electron chi connectivity index (χ3n) is 3.83. The summed E-state index contributed by atoms with van der Waals surface area (Å²) in [7, 11) is 1.57. The smallest absolute Gasteiger partial charge is 0.342 e. The van der Waals surface area contributed by atoms with Crippen molar-refractivity contribution >= 4 is 5.97 Å². The van der Waals surface area contributed by atoms with Crippen LogP contribution in [0.3, 0.4) is 0 Å². The summed E-state index contributed by atoms with van der Waals surface area (Å²) in [6.07, 6.45) is 0. The van der Waals surface area contributed by atoms with Crippen molar-refractivity contribution in [2.24, 2.45) is 0 Å². The highest BCUT2D eigenvalue weighted by Crippen LogP contribution is 2.45. The first-order valence-corrected chi connectivity index (χ1v) is 6.55. The molecule has 0 radical (unpaired) electrons. The number of cyclic esters (lactones) is 1. The van der Waals surface area contributed by atoms with Crippen LogP contribution in [0.25, 0.3) is 0 Å². The van der Waals surface area contributed by atoms with Crippen LogP contribution in [0.15, 0.2) is 42.5 Å². The van der Waals surface area contributed by atoms with Crippen molar-refractivity contribution in [3.63, 3.8) is 0 Å². The van der Waals surface area contributed by atoms with Gasteiger partial charge in [0.05, 0.1) is 5.56 Å². The first-order valence-electron chi connectivity index (χ1n) is 6.55. The number of hydrogen-bond acceptors (Lipinski definition) is 3. The Labute approximate surface area is 118 Å². The van der Waals surface area contributed by atoms with Gasteiger partial charge in [-0.25, -0.2) is 4.79 Å². The van der Waals surface area contributed by atoms with E-state index in [9.17, 15) is 4.79 Å². The van der Waals surface area contributed by atoms with Gasteiger partial charge in [-0.15, -0.1) is 0 Å². The lowest BCUT2D eigenvalue weighted by molar-refractivity contribution is -0.154. The molecular formula is C17H16O3. The predicted octanol–water partition coefficient (Wildman–Crippen LogP) is 3.32. The second kappa shape index (κ2) is 4.46. The summed E-state index contributed by atoms with van der Waals surface area (Å²) in [5, 5.41) is 0. The number of carbonyl (C=O) groups is 1. The highest BCUT2D eigenvalue weighted by atomic mass is 16.7. The quantitative estimate of drug-likeness (QED) is 0.784. The molecule has 0 bridgehead atoms. The van der Waals surface area contributed by atoms with Gasteiger partial charge in [-0.05, 0) is 25.0 Å². The van der Waals surface area contributed by atoms with Gasteiger partial charge < -0.3 is 9.47 Å². The van der Waals surface area contributed by atoms with E-state index in [1.807, 2.05) is 56.3 Å². The van der Waals surface area contributed by atoms with E-state index in [-0.39, 0.29) is 5.97 Å². The van der Waals surface area contributed by atoms with E-state index in [1.165, 1.54) is 0 Å². The molecule has 20 heavy (non-hydrogen) atoms. The van der Waals surface area contributed by atoms with Gasteiger partial charge in [0.15, 0.2) is 0 Å². The number of ether oxygens (including phenoxy) is 2. The number of hydrogen-bond donors (Lipinski definition) is 0. The van der Waals surface area contributed by atoms with Crippen molar-refractivity contribution in [1.82, 2.24) is 0 Å². The Morgan fingerprint density at radius 2 is 1.65 bits per heavy atom. The highest BCUT2D eigenvalue weighted by molar-refractivity contribution is 5.97. The van der Waals surface area contributed by atoms with Crippen LogP contribution in [0.2, 0.25) is 0 Å². The second-order valence-electron chi connectivity index (χ2n) is 5.03. The second-order valence-corrected chi connectivity index (χ2v) is 5.03. The van der Waals surface area contributed by atoms with E-state index in [0.717, 1.165) is 22.3 Å². The third-order valence-corrected chi connectivity index (χ3v) is 3.83. The Morgan fingerprint density at radius 3 is 2.30 bits per heavy atom. The minimum atomic E-state index is -1.14. The summed E-state index contributed by atoms with van der Waals surface area (Å²) >= 11 is 0. The standard InChI is InChI=1S/C17H16O3/c1-11-9-10-12(2)15-14(11)16(18)20-17(15,19-3)13-7-5-4-6-8-13/h4-10H,1-3H3/t17-/m0/s1. The highest BCUT2D eigenvalue weighted by Gasteiger charge is 2.49. The van der Waals surface area contributed by atoms with Crippen LogP contribution < -0.4 is 0 Å². The molecule has 0 saturated heterocycles. The molecule has 2 aromatic rings. The summed E-state index contributed by atoms with van der Waals surface area (Å²) in [4.78, 5) is 12.3. The zero-order valence-corrected chi connectivity index (χ0v) is 11.8. The number of benzene rings is 2. The lowest BCUT2D eigenvalue weighted by Gasteiger charge is -2.28. The van der Waals surface area contributed by atoms with Crippen molar-refractivity contribution < 1.29 is 14.3 Å². The molecule has 0 amide bonds. The molecule has 3 heteroatoms. The van der Waals surface area contributed by atoms with Crippen molar-refractivity contribution in [3.05, 3.63) is 70.3 Å². The monoisotopic (exact) mass is 268 g/mol. The van der Waals surface area contributed by atoms with Gasteiger partial charge in [0.2, 0.25) is 0 Å². The molecule has 0 aromatic heterocycles. The normalized spacial score (nSPS) is 20.6. The van der Waals surface area contributed by atoms with Crippen LogP contribution in [0.1, 0.15) is 32.6 Å². The summed E-state index contributed by atoms with van der Waals surface area (Å²) in [6, 6.07) is 13.5. The van der Waals surface area contributed by atoms with E-state index in [0.29, 0.717) is 5.56 Å². The molecule has 0 spiro atoms. The fourth-order valence-electron chi connectivity index (χ4n) is 2.85. The molecule has 1 aliphatic rings. The molecule has 0 unspecified atom stereocenters. The summed E-state index contributed by atoms with van der Waals surface area (Å²) in [5.74, 6) is -1.46. The maximum Gasteiger partial charge on any atom is 0.342 e. The van der Waals surface area contributed by atoms with E-state index >= 15 is 0 Å². The molecule has 0 N–H and O–H groups in total. The Bertz CT molecular complexity index is 676. The minimum absolute atomic E-state index is 0.327. The van der Waals surface area contributed by atoms with Crippen LogP contribution in [-0.2, 0) is 15.3 Å². The third kappa shape index (κ3) is 1.60. The Kier molecular flexibility index (Phi) is 2.87. The number of esters is 1. The number of rotatable bonds is 2. The molecule has 1 atom stereocenters. The van der Waals surface area contributed by atoms with Gasteiger partial charge in [-0.2, -0.15) is 0 Å².